The van der Waals surface area contributed by atoms with Gasteiger partial charge in [0.2, 0.25) is 5.91 Å². The molecule has 5 heteroatoms. The van der Waals surface area contributed by atoms with E-state index in [9.17, 15) is 9.59 Å². The average Bonchev–Trinajstić information content (AvgIpc) is 3.27. The van der Waals surface area contributed by atoms with Gasteiger partial charge >= 0.3 is 0 Å². The predicted octanol–water partition coefficient (Wildman–Crippen LogP) is 2.63. The van der Waals surface area contributed by atoms with E-state index in [1.807, 2.05) is 23.1 Å². The first-order valence-corrected chi connectivity index (χ1v) is 8.34. The summed E-state index contributed by atoms with van der Waals surface area (Å²) in [7, 11) is 0. The quantitative estimate of drug-likeness (QED) is 0.919. The Bertz CT molecular complexity index is 682. The summed E-state index contributed by atoms with van der Waals surface area (Å²) in [5, 5.41) is 2.72. The highest BCUT2D eigenvalue weighted by Crippen LogP contribution is 2.22. The summed E-state index contributed by atoms with van der Waals surface area (Å²) >= 11 is 0. The van der Waals surface area contributed by atoms with Crippen LogP contribution in [0.4, 0.5) is 0 Å². The molecule has 2 aromatic rings. The van der Waals surface area contributed by atoms with Crippen molar-refractivity contribution in [2.45, 2.75) is 38.3 Å². The number of likely N-dealkylation sites (tertiary alicyclic amines) is 1. The van der Waals surface area contributed by atoms with Gasteiger partial charge in [0.05, 0.1) is 6.26 Å². The minimum Gasteiger partial charge on any atom is -0.459 e. The fourth-order valence-corrected chi connectivity index (χ4v) is 3.21. The lowest BCUT2D eigenvalue weighted by atomic mass is 10.0. The van der Waals surface area contributed by atoms with Gasteiger partial charge in [-0.3, -0.25) is 9.59 Å². The minimum atomic E-state index is -0.570. The van der Waals surface area contributed by atoms with Crippen molar-refractivity contribution in [3.63, 3.8) is 0 Å². The molecule has 0 spiro atoms. The van der Waals surface area contributed by atoms with Gasteiger partial charge in [-0.25, -0.2) is 0 Å². The standard InChI is InChI=1S/C19H22N2O3/c1-14(20-18(22)17-10-6-12-24-17)19(23)21-11-5-9-16(21)13-15-7-3-2-4-8-15/h2-4,6-8,10,12,14,16H,5,9,11,13H2,1H3,(H,20,22). The Morgan fingerprint density at radius 1 is 1.25 bits per heavy atom. The second kappa shape index (κ2) is 7.34. The molecule has 2 atom stereocenters. The van der Waals surface area contributed by atoms with Gasteiger partial charge in [-0.15, -0.1) is 0 Å². The second-order valence-electron chi connectivity index (χ2n) is 6.19. The van der Waals surface area contributed by atoms with E-state index in [0.717, 1.165) is 25.8 Å². The number of carbonyl (C=O) groups excluding carboxylic acids is 2. The van der Waals surface area contributed by atoms with E-state index >= 15 is 0 Å². The number of hydrogen-bond acceptors (Lipinski definition) is 3. The molecule has 1 aromatic carbocycles. The Morgan fingerprint density at radius 2 is 2.04 bits per heavy atom. The molecule has 0 bridgehead atoms. The van der Waals surface area contributed by atoms with Crippen LogP contribution in [0.25, 0.3) is 0 Å². The third kappa shape index (κ3) is 3.67. The molecule has 126 valence electrons. The number of nitrogens with zero attached hydrogens (tertiary/aromatic N) is 1. The van der Waals surface area contributed by atoms with Crippen molar-refractivity contribution in [3.8, 4) is 0 Å². The molecular weight excluding hydrogens is 304 g/mol. The molecule has 0 aliphatic carbocycles. The molecule has 1 aromatic heterocycles. The highest BCUT2D eigenvalue weighted by Gasteiger charge is 2.32. The number of rotatable bonds is 5. The summed E-state index contributed by atoms with van der Waals surface area (Å²) < 4.78 is 5.06. The predicted molar refractivity (Wildman–Crippen MR) is 90.5 cm³/mol. The summed E-state index contributed by atoms with van der Waals surface area (Å²) in [6, 6.07) is 13.1. The molecule has 2 heterocycles. The Morgan fingerprint density at radius 3 is 2.75 bits per heavy atom. The highest BCUT2D eigenvalue weighted by atomic mass is 16.3. The van der Waals surface area contributed by atoms with E-state index in [0.29, 0.717) is 0 Å². The van der Waals surface area contributed by atoms with E-state index in [-0.39, 0.29) is 23.6 Å². The van der Waals surface area contributed by atoms with Gasteiger partial charge in [0, 0.05) is 12.6 Å². The van der Waals surface area contributed by atoms with Crippen molar-refractivity contribution in [3.05, 3.63) is 60.1 Å². The Kier molecular flexibility index (Phi) is 4.99. The number of furan rings is 1. The van der Waals surface area contributed by atoms with Crippen LogP contribution in [-0.2, 0) is 11.2 Å². The molecule has 0 radical (unpaired) electrons. The van der Waals surface area contributed by atoms with Crippen LogP contribution in [0.2, 0.25) is 0 Å². The zero-order valence-corrected chi connectivity index (χ0v) is 13.8. The van der Waals surface area contributed by atoms with Crippen LogP contribution in [0, 0.1) is 0 Å². The normalized spacial score (nSPS) is 18.4. The van der Waals surface area contributed by atoms with Crippen molar-refractivity contribution in [1.29, 1.82) is 0 Å². The third-order valence-corrected chi connectivity index (χ3v) is 4.44. The topological polar surface area (TPSA) is 62.6 Å². The fourth-order valence-electron chi connectivity index (χ4n) is 3.21. The molecule has 0 saturated carbocycles. The van der Waals surface area contributed by atoms with Crippen molar-refractivity contribution in [2.75, 3.05) is 6.54 Å². The number of hydrogen-bond donors (Lipinski definition) is 1. The minimum absolute atomic E-state index is 0.0339. The lowest BCUT2D eigenvalue weighted by Crippen LogP contribution is -2.49. The highest BCUT2D eigenvalue weighted by molar-refractivity contribution is 5.95. The average molecular weight is 326 g/mol. The molecule has 2 amide bonds. The molecule has 1 saturated heterocycles. The number of benzene rings is 1. The van der Waals surface area contributed by atoms with Gasteiger partial charge in [-0.1, -0.05) is 30.3 Å². The van der Waals surface area contributed by atoms with Crippen LogP contribution in [0.1, 0.15) is 35.9 Å². The number of amides is 2. The summed E-state index contributed by atoms with van der Waals surface area (Å²) in [6.45, 7) is 2.47. The first-order chi connectivity index (χ1) is 11.6. The van der Waals surface area contributed by atoms with E-state index < -0.39 is 6.04 Å². The molecular formula is C19H22N2O3. The number of carbonyl (C=O) groups is 2. The first-order valence-electron chi connectivity index (χ1n) is 8.34. The Hall–Kier alpha value is -2.56. The Balaban J connectivity index is 1.61. The van der Waals surface area contributed by atoms with Gasteiger partial charge < -0.3 is 14.6 Å². The molecule has 1 N–H and O–H groups in total. The lowest BCUT2D eigenvalue weighted by Gasteiger charge is -2.28. The van der Waals surface area contributed by atoms with Crippen molar-refractivity contribution < 1.29 is 14.0 Å². The van der Waals surface area contributed by atoms with E-state index in [4.69, 9.17) is 4.42 Å². The zero-order chi connectivity index (χ0) is 16.9. The summed E-state index contributed by atoms with van der Waals surface area (Å²) in [4.78, 5) is 26.7. The van der Waals surface area contributed by atoms with Gasteiger partial charge in [-0.05, 0) is 43.9 Å². The summed E-state index contributed by atoms with van der Waals surface area (Å²) in [6.07, 6.45) is 4.30. The molecule has 2 unspecified atom stereocenters. The van der Waals surface area contributed by atoms with Crippen LogP contribution >= 0.6 is 0 Å². The molecule has 5 nitrogen and oxygen atoms in total. The van der Waals surface area contributed by atoms with Crippen molar-refractivity contribution in [1.82, 2.24) is 10.2 Å². The summed E-state index contributed by atoms with van der Waals surface area (Å²) in [5.74, 6) is -0.176. The molecule has 1 aliphatic heterocycles. The van der Waals surface area contributed by atoms with E-state index in [1.54, 1.807) is 19.1 Å². The van der Waals surface area contributed by atoms with Crippen LogP contribution in [0.5, 0.6) is 0 Å². The maximum atomic E-state index is 12.7. The largest absolute Gasteiger partial charge is 0.459 e. The first kappa shape index (κ1) is 16.3. The van der Waals surface area contributed by atoms with Crippen LogP contribution in [0.15, 0.2) is 53.1 Å². The smallest absolute Gasteiger partial charge is 0.287 e. The lowest BCUT2D eigenvalue weighted by molar-refractivity contribution is -0.133. The second-order valence-corrected chi connectivity index (χ2v) is 6.19. The summed E-state index contributed by atoms with van der Waals surface area (Å²) in [5.41, 5.74) is 1.23. The fraction of sp³-hybridized carbons (Fsp3) is 0.368. The molecule has 3 rings (SSSR count). The molecule has 24 heavy (non-hydrogen) atoms. The molecule has 1 aliphatic rings. The maximum Gasteiger partial charge on any atom is 0.287 e. The maximum absolute atomic E-state index is 12.7. The third-order valence-electron chi connectivity index (χ3n) is 4.44. The van der Waals surface area contributed by atoms with Gasteiger partial charge in [0.1, 0.15) is 6.04 Å². The van der Waals surface area contributed by atoms with Gasteiger partial charge in [0.15, 0.2) is 5.76 Å². The number of nitrogens with one attached hydrogen (secondary N) is 1. The zero-order valence-electron chi connectivity index (χ0n) is 13.8. The van der Waals surface area contributed by atoms with Crippen LogP contribution in [0.3, 0.4) is 0 Å². The van der Waals surface area contributed by atoms with Gasteiger partial charge in [0.25, 0.3) is 5.91 Å². The Labute approximate surface area is 141 Å². The van der Waals surface area contributed by atoms with E-state index in [2.05, 4.69) is 17.4 Å². The van der Waals surface area contributed by atoms with Crippen molar-refractivity contribution >= 4 is 11.8 Å². The van der Waals surface area contributed by atoms with E-state index in [1.165, 1.54) is 11.8 Å². The molecule has 1 fully saturated rings. The van der Waals surface area contributed by atoms with Gasteiger partial charge in [-0.2, -0.15) is 0 Å². The van der Waals surface area contributed by atoms with Crippen molar-refractivity contribution in [2.24, 2.45) is 0 Å². The van der Waals surface area contributed by atoms with Crippen LogP contribution in [-0.4, -0.2) is 35.3 Å². The SMILES string of the molecule is CC(NC(=O)c1ccco1)C(=O)N1CCCC1Cc1ccccc1. The van der Waals surface area contributed by atoms with Crippen LogP contribution < -0.4 is 5.32 Å². The monoisotopic (exact) mass is 326 g/mol.